The Morgan fingerprint density at radius 2 is 2.08 bits per heavy atom. The van der Waals surface area contributed by atoms with E-state index in [2.05, 4.69) is 14.4 Å². The number of hydrogen-bond donors (Lipinski definition) is 0. The van der Waals surface area contributed by atoms with Crippen LogP contribution >= 0.6 is 11.6 Å². The fraction of sp³-hybridized carbons (Fsp3) is 0.389. The quantitative estimate of drug-likeness (QED) is 0.651. The normalized spacial score (nSPS) is 15.5. The maximum atomic E-state index is 12.0. The second-order valence-corrected chi connectivity index (χ2v) is 6.73. The highest BCUT2D eigenvalue weighted by molar-refractivity contribution is 6.32. The molecule has 0 amide bonds. The number of carbonyl (C=O) groups excluding carboxylic acids is 1. The zero-order valence-corrected chi connectivity index (χ0v) is 14.4. The zero-order valence-electron chi connectivity index (χ0n) is 13.7. The van der Waals surface area contributed by atoms with Crippen molar-refractivity contribution >= 4 is 34.3 Å². The predicted molar refractivity (Wildman–Crippen MR) is 92.8 cm³/mol. The van der Waals surface area contributed by atoms with Crippen molar-refractivity contribution in [1.29, 1.82) is 0 Å². The number of benzene rings is 1. The third kappa shape index (κ3) is 2.26. The molecule has 2 aromatic heterocycles. The van der Waals surface area contributed by atoms with E-state index in [0.717, 1.165) is 11.1 Å². The van der Waals surface area contributed by atoms with E-state index < -0.39 is 0 Å². The van der Waals surface area contributed by atoms with E-state index in [-0.39, 0.29) is 5.97 Å². The first kappa shape index (κ1) is 15.4. The summed E-state index contributed by atoms with van der Waals surface area (Å²) in [5.41, 5.74) is 4.83. The lowest BCUT2D eigenvalue weighted by molar-refractivity contribution is 0.0600. The average molecular weight is 344 g/mol. The smallest absolute Gasteiger partial charge is 0.338 e. The van der Waals surface area contributed by atoms with Crippen LogP contribution in [0, 0.1) is 6.92 Å². The fourth-order valence-electron chi connectivity index (χ4n) is 3.71. The van der Waals surface area contributed by atoms with Gasteiger partial charge in [0.15, 0.2) is 10.8 Å². The number of aromatic nitrogens is 3. The summed E-state index contributed by atoms with van der Waals surface area (Å²) in [5, 5.41) is 0.353. The molecule has 1 fully saturated rings. The standard InChI is InChI=1S/C18H18ClN3O2/c1-10-7-14-13(8-12(10)18(23)24-2)21-16(19)17-20-9-15(22(14)17)11-5-3-4-6-11/h7-9,11H,3-6H2,1-2H3. The number of rotatable bonds is 2. The molecule has 4 rings (SSSR count). The highest BCUT2D eigenvalue weighted by Crippen LogP contribution is 2.36. The van der Waals surface area contributed by atoms with Crippen molar-refractivity contribution in [2.24, 2.45) is 0 Å². The summed E-state index contributed by atoms with van der Waals surface area (Å²) in [6.07, 6.45) is 6.77. The molecule has 1 aliphatic carbocycles. The molecule has 3 aromatic rings. The number of methoxy groups -OCH3 is 1. The van der Waals surface area contributed by atoms with E-state index in [4.69, 9.17) is 16.3 Å². The minimum absolute atomic E-state index is 0.353. The lowest BCUT2D eigenvalue weighted by atomic mass is 10.0. The maximum Gasteiger partial charge on any atom is 0.338 e. The van der Waals surface area contributed by atoms with Gasteiger partial charge in [0.05, 0.1) is 23.7 Å². The largest absolute Gasteiger partial charge is 0.465 e. The van der Waals surface area contributed by atoms with Gasteiger partial charge in [0.2, 0.25) is 0 Å². The Labute approximate surface area is 144 Å². The topological polar surface area (TPSA) is 56.5 Å². The molecule has 0 N–H and O–H groups in total. The Kier molecular flexibility index (Phi) is 3.68. The number of hydrogen-bond acceptors (Lipinski definition) is 4. The molecular weight excluding hydrogens is 326 g/mol. The molecule has 0 bridgehead atoms. The number of esters is 1. The van der Waals surface area contributed by atoms with Crippen molar-refractivity contribution in [2.45, 2.75) is 38.5 Å². The first-order valence-corrected chi connectivity index (χ1v) is 8.53. The van der Waals surface area contributed by atoms with Crippen LogP contribution in [-0.2, 0) is 4.74 Å². The Hall–Kier alpha value is -2.14. The molecular formula is C18H18ClN3O2. The molecule has 24 heavy (non-hydrogen) atoms. The van der Waals surface area contributed by atoms with Crippen molar-refractivity contribution < 1.29 is 9.53 Å². The number of fused-ring (bicyclic) bond motifs is 3. The van der Waals surface area contributed by atoms with Gasteiger partial charge in [0.1, 0.15) is 0 Å². The van der Waals surface area contributed by atoms with Crippen molar-refractivity contribution in [1.82, 2.24) is 14.4 Å². The molecule has 0 saturated heterocycles. The molecule has 0 aliphatic heterocycles. The number of halogens is 1. The minimum atomic E-state index is -0.367. The summed E-state index contributed by atoms with van der Waals surface area (Å²) >= 11 is 6.35. The highest BCUT2D eigenvalue weighted by Gasteiger charge is 2.23. The summed E-state index contributed by atoms with van der Waals surface area (Å²) in [6, 6.07) is 3.72. The number of aryl methyl sites for hydroxylation is 1. The van der Waals surface area contributed by atoms with Crippen molar-refractivity contribution in [3.8, 4) is 0 Å². The van der Waals surface area contributed by atoms with Crippen LogP contribution in [0.25, 0.3) is 16.7 Å². The first-order valence-electron chi connectivity index (χ1n) is 8.15. The van der Waals surface area contributed by atoms with Crippen LogP contribution in [0.15, 0.2) is 18.3 Å². The van der Waals surface area contributed by atoms with Gasteiger partial charge in [-0.3, -0.25) is 4.40 Å². The summed E-state index contributed by atoms with van der Waals surface area (Å²) in [6.45, 7) is 1.90. The van der Waals surface area contributed by atoms with Crippen LogP contribution in [0.2, 0.25) is 5.15 Å². The van der Waals surface area contributed by atoms with E-state index in [9.17, 15) is 4.79 Å². The monoisotopic (exact) mass is 343 g/mol. The third-order valence-corrected chi connectivity index (χ3v) is 5.19. The number of ether oxygens (including phenoxy) is 1. The van der Waals surface area contributed by atoms with E-state index in [1.54, 1.807) is 6.07 Å². The second-order valence-electron chi connectivity index (χ2n) is 6.37. The summed E-state index contributed by atoms with van der Waals surface area (Å²) in [7, 11) is 1.38. The third-order valence-electron chi connectivity index (χ3n) is 4.93. The van der Waals surface area contributed by atoms with Crippen LogP contribution in [0.1, 0.15) is 53.2 Å². The highest BCUT2D eigenvalue weighted by atomic mass is 35.5. The summed E-state index contributed by atoms with van der Waals surface area (Å²) < 4.78 is 6.96. The van der Waals surface area contributed by atoms with Gasteiger partial charge in [-0.2, -0.15) is 0 Å². The molecule has 0 atom stereocenters. The van der Waals surface area contributed by atoms with Gasteiger partial charge in [-0.05, 0) is 37.5 Å². The Balaban J connectivity index is 2.03. The fourth-order valence-corrected chi connectivity index (χ4v) is 3.93. The van der Waals surface area contributed by atoms with Crippen molar-refractivity contribution in [2.75, 3.05) is 7.11 Å². The molecule has 2 heterocycles. The van der Waals surface area contributed by atoms with Gasteiger partial charge < -0.3 is 4.74 Å². The molecule has 1 aromatic carbocycles. The molecule has 124 valence electrons. The Bertz CT molecular complexity index is 958. The predicted octanol–water partition coefficient (Wildman–Crippen LogP) is 4.29. The van der Waals surface area contributed by atoms with Crippen LogP contribution in [0.3, 0.4) is 0 Å². The number of imidazole rings is 1. The molecule has 1 aliphatic rings. The van der Waals surface area contributed by atoms with E-state index in [1.165, 1.54) is 38.5 Å². The van der Waals surface area contributed by atoms with Crippen molar-refractivity contribution in [3.05, 3.63) is 40.3 Å². The van der Waals surface area contributed by atoms with Gasteiger partial charge in [-0.25, -0.2) is 14.8 Å². The second kappa shape index (κ2) is 5.74. The lowest BCUT2D eigenvalue weighted by Gasteiger charge is -2.13. The van der Waals surface area contributed by atoms with Crippen LogP contribution in [0.4, 0.5) is 0 Å². The Morgan fingerprint density at radius 3 is 2.79 bits per heavy atom. The maximum absolute atomic E-state index is 12.0. The lowest BCUT2D eigenvalue weighted by Crippen LogP contribution is -2.06. The van der Waals surface area contributed by atoms with Crippen LogP contribution < -0.4 is 0 Å². The first-order chi connectivity index (χ1) is 11.6. The van der Waals surface area contributed by atoms with Crippen LogP contribution in [-0.4, -0.2) is 27.4 Å². The molecule has 0 radical (unpaired) electrons. The molecule has 0 unspecified atom stereocenters. The van der Waals surface area contributed by atoms with Gasteiger partial charge >= 0.3 is 5.97 Å². The number of nitrogens with zero attached hydrogens (tertiary/aromatic N) is 3. The van der Waals surface area contributed by atoms with Gasteiger partial charge in [0, 0.05) is 17.8 Å². The van der Waals surface area contributed by atoms with Gasteiger partial charge in [0.25, 0.3) is 0 Å². The van der Waals surface area contributed by atoms with Gasteiger partial charge in [-0.1, -0.05) is 24.4 Å². The van der Waals surface area contributed by atoms with Gasteiger partial charge in [-0.15, -0.1) is 0 Å². The van der Waals surface area contributed by atoms with E-state index in [1.807, 2.05) is 19.2 Å². The summed E-state index contributed by atoms with van der Waals surface area (Å²) in [5.74, 6) is 0.135. The minimum Gasteiger partial charge on any atom is -0.465 e. The molecule has 1 saturated carbocycles. The average Bonchev–Trinajstić information content (AvgIpc) is 3.23. The molecule has 5 nitrogen and oxygen atoms in total. The molecule has 6 heteroatoms. The molecule has 0 spiro atoms. The van der Waals surface area contributed by atoms with Crippen LogP contribution in [0.5, 0.6) is 0 Å². The Morgan fingerprint density at radius 1 is 1.33 bits per heavy atom. The number of carbonyl (C=O) groups is 1. The summed E-state index contributed by atoms with van der Waals surface area (Å²) in [4.78, 5) is 20.9. The zero-order chi connectivity index (χ0) is 16.8. The van der Waals surface area contributed by atoms with E-state index >= 15 is 0 Å². The SMILES string of the molecule is COC(=O)c1cc2nc(Cl)c3ncc(C4CCCC4)n3c2cc1C. The van der Waals surface area contributed by atoms with Crippen molar-refractivity contribution in [3.63, 3.8) is 0 Å². The van der Waals surface area contributed by atoms with E-state index in [0.29, 0.717) is 27.8 Å².